The lowest BCUT2D eigenvalue weighted by atomic mass is 10.5. The Morgan fingerprint density at radius 1 is 1.27 bits per heavy atom. The third-order valence-corrected chi connectivity index (χ3v) is 2.06. The highest BCUT2D eigenvalue weighted by atomic mass is 15.1. The molecule has 0 fully saturated rings. The number of hydrogen-bond donors (Lipinski definition) is 2. The van der Waals surface area contributed by atoms with Gasteiger partial charge < -0.3 is 15.6 Å². The average molecular weight is 204 g/mol. The number of aryl methyl sites for hydroxylation is 1. The minimum absolute atomic E-state index is 0.395. The van der Waals surface area contributed by atoms with E-state index in [1.807, 2.05) is 17.8 Å². The van der Waals surface area contributed by atoms with Gasteiger partial charge in [0.1, 0.15) is 5.82 Å². The number of aromatic nitrogens is 4. The molecular formula is C9H12N6. The molecule has 0 unspecified atom stereocenters. The lowest BCUT2D eigenvalue weighted by molar-refractivity contribution is 0.810. The van der Waals surface area contributed by atoms with Crippen molar-refractivity contribution in [1.29, 1.82) is 0 Å². The number of nitrogens with two attached hydrogens (primary N) is 1. The number of hydrogen-bond acceptors (Lipinski definition) is 5. The standard InChI is InChI=1S/C9H12N6/c1-15-5-4-11-7(15)6-14-9-8(10)12-2-3-13-9/h2-5H,6H2,1H3,(H2,10,12)(H,13,14). The van der Waals surface area contributed by atoms with Gasteiger partial charge in [-0.2, -0.15) is 0 Å². The molecular weight excluding hydrogens is 192 g/mol. The van der Waals surface area contributed by atoms with E-state index < -0.39 is 0 Å². The monoisotopic (exact) mass is 204 g/mol. The second-order valence-corrected chi connectivity index (χ2v) is 3.10. The molecule has 0 spiro atoms. The Morgan fingerprint density at radius 3 is 2.73 bits per heavy atom. The van der Waals surface area contributed by atoms with Crippen LogP contribution >= 0.6 is 0 Å². The minimum Gasteiger partial charge on any atom is -0.381 e. The van der Waals surface area contributed by atoms with Crippen LogP contribution in [0.5, 0.6) is 0 Å². The smallest absolute Gasteiger partial charge is 0.169 e. The van der Waals surface area contributed by atoms with Crippen molar-refractivity contribution in [2.45, 2.75) is 6.54 Å². The van der Waals surface area contributed by atoms with Crippen LogP contribution in [0.15, 0.2) is 24.8 Å². The molecule has 0 aliphatic carbocycles. The molecule has 0 saturated heterocycles. The first-order valence-electron chi connectivity index (χ1n) is 4.54. The highest BCUT2D eigenvalue weighted by molar-refractivity contribution is 5.54. The van der Waals surface area contributed by atoms with Crippen LogP contribution in [0.4, 0.5) is 11.6 Å². The van der Waals surface area contributed by atoms with Crippen molar-refractivity contribution in [1.82, 2.24) is 19.5 Å². The van der Waals surface area contributed by atoms with Crippen molar-refractivity contribution in [3.63, 3.8) is 0 Å². The largest absolute Gasteiger partial charge is 0.381 e. The molecule has 0 radical (unpaired) electrons. The van der Waals surface area contributed by atoms with Crippen molar-refractivity contribution in [3.8, 4) is 0 Å². The molecule has 0 bridgehead atoms. The Bertz CT molecular complexity index is 449. The summed E-state index contributed by atoms with van der Waals surface area (Å²) < 4.78 is 1.93. The van der Waals surface area contributed by atoms with Crippen LogP contribution in [-0.4, -0.2) is 19.5 Å². The van der Waals surface area contributed by atoms with E-state index in [4.69, 9.17) is 5.73 Å². The molecule has 3 N–H and O–H groups in total. The molecule has 78 valence electrons. The fraction of sp³-hybridized carbons (Fsp3) is 0.222. The van der Waals surface area contributed by atoms with Gasteiger partial charge in [-0.25, -0.2) is 15.0 Å². The van der Waals surface area contributed by atoms with Gasteiger partial charge in [-0.1, -0.05) is 0 Å². The predicted octanol–water partition coefficient (Wildman–Crippen LogP) is 0.404. The number of nitrogen functional groups attached to an aromatic ring is 1. The molecule has 0 amide bonds. The molecule has 0 aliphatic rings. The molecule has 0 aliphatic heterocycles. The van der Waals surface area contributed by atoms with Crippen molar-refractivity contribution >= 4 is 11.6 Å². The third kappa shape index (κ3) is 2.04. The van der Waals surface area contributed by atoms with E-state index in [0.717, 1.165) is 5.82 Å². The molecule has 0 saturated carbocycles. The molecule has 2 rings (SSSR count). The van der Waals surface area contributed by atoms with Gasteiger partial charge in [-0.3, -0.25) is 0 Å². The van der Waals surface area contributed by atoms with E-state index in [-0.39, 0.29) is 0 Å². The van der Waals surface area contributed by atoms with E-state index in [1.165, 1.54) is 0 Å². The first-order chi connectivity index (χ1) is 7.27. The molecule has 0 aromatic carbocycles. The van der Waals surface area contributed by atoms with E-state index in [2.05, 4.69) is 20.3 Å². The Balaban J connectivity index is 2.06. The maximum absolute atomic E-state index is 5.63. The topological polar surface area (TPSA) is 81.7 Å². The Morgan fingerprint density at radius 2 is 2.07 bits per heavy atom. The zero-order valence-corrected chi connectivity index (χ0v) is 8.38. The van der Waals surface area contributed by atoms with Gasteiger partial charge >= 0.3 is 0 Å². The summed E-state index contributed by atoms with van der Waals surface area (Å²) in [5, 5.41) is 3.07. The van der Waals surface area contributed by atoms with Crippen LogP contribution in [0.2, 0.25) is 0 Å². The number of anilines is 2. The number of imidazole rings is 1. The molecule has 2 heterocycles. The average Bonchev–Trinajstić information content (AvgIpc) is 2.63. The molecule has 2 aromatic rings. The molecule has 2 aromatic heterocycles. The predicted molar refractivity (Wildman–Crippen MR) is 57.0 cm³/mol. The molecule has 6 heteroatoms. The Labute approximate surface area is 87.2 Å². The van der Waals surface area contributed by atoms with E-state index >= 15 is 0 Å². The SMILES string of the molecule is Cn1ccnc1CNc1nccnc1N. The highest BCUT2D eigenvalue weighted by Gasteiger charge is 2.02. The number of rotatable bonds is 3. The minimum atomic E-state index is 0.395. The van der Waals surface area contributed by atoms with Gasteiger partial charge in [0.25, 0.3) is 0 Å². The third-order valence-electron chi connectivity index (χ3n) is 2.06. The number of nitrogens with one attached hydrogen (secondary N) is 1. The lowest BCUT2D eigenvalue weighted by Crippen LogP contribution is -2.09. The van der Waals surface area contributed by atoms with Crippen LogP contribution in [-0.2, 0) is 13.6 Å². The van der Waals surface area contributed by atoms with Gasteiger partial charge in [0.2, 0.25) is 0 Å². The van der Waals surface area contributed by atoms with Crippen molar-refractivity contribution in [2.24, 2.45) is 7.05 Å². The summed E-state index contributed by atoms with van der Waals surface area (Å²) >= 11 is 0. The highest BCUT2D eigenvalue weighted by Crippen LogP contribution is 2.10. The first kappa shape index (κ1) is 9.45. The zero-order chi connectivity index (χ0) is 10.7. The molecule has 15 heavy (non-hydrogen) atoms. The van der Waals surface area contributed by atoms with Gasteiger partial charge in [0.05, 0.1) is 6.54 Å². The van der Waals surface area contributed by atoms with Crippen molar-refractivity contribution in [2.75, 3.05) is 11.1 Å². The van der Waals surface area contributed by atoms with Gasteiger partial charge in [0, 0.05) is 31.8 Å². The molecule has 0 atom stereocenters. The zero-order valence-electron chi connectivity index (χ0n) is 8.38. The van der Waals surface area contributed by atoms with Gasteiger partial charge in [-0.05, 0) is 0 Å². The second-order valence-electron chi connectivity index (χ2n) is 3.10. The van der Waals surface area contributed by atoms with Crippen molar-refractivity contribution < 1.29 is 0 Å². The Hall–Kier alpha value is -2.11. The molecule has 6 nitrogen and oxygen atoms in total. The maximum Gasteiger partial charge on any atom is 0.169 e. The normalized spacial score (nSPS) is 10.2. The van der Waals surface area contributed by atoms with E-state index in [9.17, 15) is 0 Å². The van der Waals surface area contributed by atoms with Crippen LogP contribution in [0.3, 0.4) is 0 Å². The fourth-order valence-corrected chi connectivity index (χ4v) is 1.21. The second kappa shape index (κ2) is 3.95. The summed E-state index contributed by atoms with van der Waals surface area (Å²) in [7, 11) is 1.93. The van der Waals surface area contributed by atoms with Gasteiger partial charge in [-0.15, -0.1) is 0 Å². The van der Waals surface area contributed by atoms with Crippen molar-refractivity contribution in [3.05, 3.63) is 30.6 Å². The maximum atomic E-state index is 5.63. The summed E-state index contributed by atoms with van der Waals surface area (Å²) in [6.45, 7) is 0.576. The Kier molecular flexibility index (Phi) is 2.49. The fourth-order valence-electron chi connectivity index (χ4n) is 1.21. The van der Waals surface area contributed by atoms with Crippen LogP contribution < -0.4 is 11.1 Å². The van der Waals surface area contributed by atoms with Crippen LogP contribution in [0.1, 0.15) is 5.82 Å². The lowest BCUT2D eigenvalue weighted by Gasteiger charge is -2.06. The van der Waals surface area contributed by atoms with Crippen LogP contribution in [0.25, 0.3) is 0 Å². The van der Waals surface area contributed by atoms with E-state index in [0.29, 0.717) is 18.2 Å². The summed E-state index contributed by atoms with van der Waals surface area (Å²) in [5.74, 6) is 1.90. The van der Waals surface area contributed by atoms with Gasteiger partial charge in [0.15, 0.2) is 11.6 Å². The quantitative estimate of drug-likeness (QED) is 0.756. The van der Waals surface area contributed by atoms with Crippen LogP contribution in [0, 0.1) is 0 Å². The summed E-state index contributed by atoms with van der Waals surface area (Å²) in [4.78, 5) is 12.2. The first-order valence-corrected chi connectivity index (χ1v) is 4.54. The summed E-state index contributed by atoms with van der Waals surface area (Å²) in [5.41, 5.74) is 5.63. The summed E-state index contributed by atoms with van der Waals surface area (Å²) in [6.07, 6.45) is 6.78. The summed E-state index contributed by atoms with van der Waals surface area (Å²) in [6, 6.07) is 0. The number of nitrogens with zero attached hydrogens (tertiary/aromatic N) is 4. The van der Waals surface area contributed by atoms with E-state index in [1.54, 1.807) is 18.6 Å².